The van der Waals surface area contributed by atoms with Crippen molar-refractivity contribution in [2.75, 3.05) is 0 Å². The van der Waals surface area contributed by atoms with Gasteiger partial charge in [-0.2, -0.15) is 0 Å². The second-order valence-electron chi connectivity index (χ2n) is 4.37. The van der Waals surface area contributed by atoms with E-state index in [0.29, 0.717) is 0 Å². The average Bonchev–Trinajstić information content (AvgIpc) is 2.17. The van der Waals surface area contributed by atoms with E-state index in [9.17, 15) is 0 Å². The molecule has 0 unspecified atom stereocenters. The molecule has 1 rings (SSSR count). The van der Waals surface area contributed by atoms with Gasteiger partial charge >= 0.3 is 0 Å². The maximum Gasteiger partial charge on any atom is 0.0248 e. The molecule has 1 aromatic rings. The Bertz CT molecular complexity index is 342. The standard InChI is InChI=1S/C13H16.C2H6.CH4/c1-11-6-5-7-12(10-11)8-9-13(2,3)4;1-2;/h5-7,10H,1-4H3;1-2H3;1H4. The Morgan fingerprint density at radius 3 is 2.06 bits per heavy atom. The maximum absolute atomic E-state index is 3.22. The predicted molar refractivity (Wildman–Crippen MR) is 75.6 cm³/mol. The molecule has 0 radical (unpaired) electrons. The lowest BCUT2D eigenvalue weighted by atomic mass is 9.97. The smallest absolute Gasteiger partial charge is 0.0248 e. The molecule has 1 aromatic carbocycles. The van der Waals surface area contributed by atoms with E-state index in [4.69, 9.17) is 0 Å². The average molecular weight is 218 g/mol. The Morgan fingerprint density at radius 2 is 1.62 bits per heavy atom. The molecule has 0 aliphatic rings. The zero-order valence-corrected chi connectivity index (χ0v) is 10.8. The second kappa shape index (κ2) is 7.99. The van der Waals surface area contributed by atoms with Crippen molar-refractivity contribution in [3.8, 4) is 11.8 Å². The van der Waals surface area contributed by atoms with Crippen LogP contribution in [0.5, 0.6) is 0 Å². The van der Waals surface area contributed by atoms with E-state index in [-0.39, 0.29) is 12.8 Å². The Hall–Kier alpha value is -1.22. The maximum atomic E-state index is 3.22. The first-order valence-electron chi connectivity index (χ1n) is 5.57. The van der Waals surface area contributed by atoms with Gasteiger partial charge in [0.2, 0.25) is 0 Å². The SMILES string of the molecule is C.CC.Cc1cccc(C#CC(C)(C)C)c1. The first-order valence-corrected chi connectivity index (χ1v) is 5.57. The van der Waals surface area contributed by atoms with Gasteiger partial charge in [-0.25, -0.2) is 0 Å². The van der Waals surface area contributed by atoms with Crippen LogP contribution in [-0.4, -0.2) is 0 Å². The van der Waals surface area contributed by atoms with Gasteiger partial charge in [-0.1, -0.05) is 45.2 Å². The van der Waals surface area contributed by atoms with Crippen LogP contribution in [0.3, 0.4) is 0 Å². The molecule has 0 saturated heterocycles. The predicted octanol–water partition coefficient (Wildman–Crippen LogP) is 5.05. The van der Waals surface area contributed by atoms with E-state index in [0.717, 1.165) is 5.56 Å². The molecule has 0 atom stereocenters. The minimum absolute atomic E-state index is 0. The Balaban J connectivity index is 0. The van der Waals surface area contributed by atoms with Crippen LogP contribution < -0.4 is 0 Å². The third kappa shape index (κ3) is 8.12. The molecule has 0 bridgehead atoms. The minimum Gasteiger partial charge on any atom is -0.0920 e. The molecule has 16 heavy (non-hydrogen) atoms. The summed E-state index contributed by atoms with van der Waals surface area (Å²) in [6, 6.07) is 8.29. The largest absolute Gasteiger partial charge is 0.0920 e. The van der Waals surface area contributed by atoms with E-state index in [1.165, 1.54) is 5.56 Å². The summed E-state index contributed by atoms with van der Waals surface area (Å²) in [5.41, 5.74) is 2.46. The topological polar surface area (TPSA) is 0 Å². The van der Waals surface area contributed by atoms with Crippen LogP contribution in [0, 0.1) is 24.2 Å². The number of rotatable bonds is 0. The molecule has 0 aliphatic heterocycles. The molecule has 0 nitrogen and oxygen atoms in total. The van der Waals surface area contributed by atoms with Crippen LogP contribution in [0.2, 0.25) is 0 Å². The van der Waals surface area contributed by atoms with Gasteiger partial charge in [-0.05, 0) is 45.4 Å². The highest BCUT2D eigenvalue weighted by Crippen LogP contribution is 2.11. The zero-order chi connectivity index (χ0) is 11.9. The van der Waals surface area contributed by atoms with Crippen molar-refractivity contribution in [2.24, 2.45) is 5.41 Å². The molecular weight excluding hydrogens is 192 g/mol. The molecule has 0 amide bonds. The van der Waals surface area contributed by atoms with Crippen molar-refractivity contribution < 1.29 is 0 Å². The third-order valence-electron chi connectivity index (χ3n) is 1.60. The van der Waals surface area contributed by atoms with E-state index < -0.39 is 0 Å². The third-order valence-corrected chi connectivity index (χ3v) is 1.60. The molecule has 0 heteroatoms. The Labute approximate surface area is 102 Å². The number of hydrogen-bond acceptors (Lipinski definition) is 0. The lowest BCUT2D eigenvalue weighted by Gasteiger charge is -2.06. The quantitative estimate of drug-likeness (QED) is 0.534. The molecule has 0 saturated carbocycles. The van der Waals surface area contributed by atoms with Crippen molar-refractivity contribution in [3.05, 3.63) is 35.4 Å². The fourth-order valence-corrected chi connectivity index (χ4v) is 0.982. The zero-order valence-electron chi connectivity index (χ0n) is 10.8. The fraction of sp³-hybridized carbons (Fsp3) is 0.500. The highest BCUT2D eigenvalue weighted by atomic mass is 14.1. The molecule has 0 spiro atoms. The summed E-state index contributed by atoms with van der Waals surface area (Å²) in [6.45, 7) is 12.4. The van der Waals surface area contributed by atoms with Gasteiger partial charge in [0.25, 0.3) is 0 Å². The Kier molecular flexibility index (Phi) is 8.58. The van der Waals surface area contributed by atoms with E-state index in [1.54, 1.807) is 0 Å². The Morgan fingerprint density at radius 1 is 1.06 bits per heavy atom. The summed E-state index contributed by atoms with van der Waals surface area (Å²) in [6.07, 6.45) is 0. The van der Waals surface area contributed by atoms with Crippen LogP contribution in [0.1, 0.15) is 53.2 Å². The molecule has 0 N–H and O–H groups in total. The van der Waals surface area contributed by atoms with Crippen molar-refractivity contribution >= 4 is 0 Å². The van der Waals surface area contributed by atoms with Gasteiger partial charge in [-0.3, -0.25) is 0 Å². The molecule has 0 aromatic heterocycles. The summed E-state index contributed by atoms with van der Waals surface area (Å²) < 4.78 is 0. The van der Waals surface area contributed by atoms with Crippen molar-refractivity contribution in [2.45, 2.75) is 49.0 Å². The normalized spacial score (nSPS) is 8.88. The van der Waals surface area contributed by atoms with Gasteiger partial charge in [0.15, 0.2) is 0 Å². The fourth-order valence-electron chi connectivity index (χ4n) is 0.982. The highest BCUT2D eigenvalue weighted by Gasteiger charge is 2.02. The number of hydrogen-bond donors (Lipinski definition) is 0. The highest BCUT2D eigenvalue weighted by molar-refractivity contribution is 5.37. The van der Waals surface area contributed by atoms with Crippen LogP contribution in [0.4, 0.5) is 0 Å². The first-order chi connectivity index (χ1) is 6.97. The summed E-state index contributed by atoms with van der Waals surface area (Å²) in [4.78, 5) is 0. The van der Waals surface area contributed by atoms with Gasteiger partial charge in [0.05, 0.1) is 0 Å². The van der Waals surface area contributed by atoms with Crippen LogP contribution in [0.15, 0.2) is 24.3 Å². The minimum atomic E-state index is 0. The van der Waals surface area contributed by atoms with Crippen LogP contribution >= 0.6 is 0 Å². The van der Waals surface area contributed by atoms with Gasteiger partial charge in [0, 0.05) is 11.0 Å². The summed E-state index contributed by atoms with van der Waals surface area (Å²) >= 11 is 0. The summed E-state index contributed by atoms with van der Waals surface area (Å²) in [5.74, 6) is 6.39. The monoisotopic (exact) mass is 218 g/mol. The van der Waals surface area contributed by atoms with Crippen molar-refractivity contribution in [1.29, 1.82) is 0 Å². The second-order valence-corrected chi connectivity index (χ2v) is 4.37. The van der Waals surface area contributed by atoms with Gasteiger partial charge < -0.3 is 0 Å². The molecule has 0 aliphatic carbocycles. The van der Waals surface area contributed by atoms with Crippen molar-refractivity contribution in [1.82, 2.24) is 0 Å². The first kappa shape index (κ1) is 17.2. The van der Waals surface area contributed by atoms with Crippen LogP contribution in [-0.2, 0) is 0 Å². The van der Waals surface area contributed by atoms with Gasteiger partial charge in [0.1, 0.15) is 0 Å². The molecular formula is C16H26. The summed E-state index contributed by atoms with van der Waals surface area (Å²) in [5, 5.41) is 0. The van der Waals surface area contributed by atoms with E-state index in [1.807, 2.05) is 26.0 Å². The molecule has 0 fully saturated rings. The van der Waals surface area contributed by atoms with E-state index in [2.05, 4.69) is 51.7 Å². The number of benzene rings is 1. The molecule has 0 heterocycles. The van der Waals surface area contributed by atoms with Crippen molar-refractivity contribution in [3.63, 3.8) is 0 Å². The van der Waals surface area contributed by atoms with Crippen LogP contribution in [0.25, 0.3) is 0 Å². The molecule has 90 valence electrons. The van der Waals surface area contributed by atoms with E-state index >= 15 is 0 Å². The number of aryl methyl sites for hydroxylation is 1. The van der Waals surface area contributed by atoms with Gasteiger partial charge in [-0.15, -0.1) is 0 Å². The lowest BCUT2D eigenvalue weighted by Crippen LogP contribution is -1.99. The summed E-state index contributed by atoms with van der Waals surface area (Å²) in [7, 11) is 0. The lowest BCUT2D eigenvalue weighted by molar-refractivity contribution is 0.571.